The van der Waals surface area contributed by atoms with Crippen LogP contribution in [-0.2, 0) is 0 Å². The van der Waals surface area contributed by atoms with Crippen LogP contribution < -0.4 is 10.6 Å². The Bertz CT molecular complexity index is 928. The zero-order valence-corrected chi connectivity index (χ0v) is 17.0. The van der Waals surface area contributed by atoms with Gasteiger partial charge in [-0.2, -0.15) is 5.10 Å². The lowest BCUT2D eigenvalue weighted by Crippen LogP contribution is -2.60. The van der Waals surface area contributed by atoms with Crippen LogP contribution in [0.25, 0.3) is 16.9 Å². The van der Waals surface area contributed by atoms with Gasteiger partial charge in [0.2, 0.25) is 5.95 Å². The minimum Gasteiger partial charge on any atom is -0.351 e. The van der Waals surface area contributed by atoms with Gasteiger partial charge >= 0.3 is 0 Å². The first-order valence-corrected chi connectivity index (χ1v) is 9.79. The molecule has 3 heterocycles. The summed E-state index contributed by atoms with van der Waals surface area (Å²) in [7, 11) is 0. The van der Waals surface area contributed by atoms with E-state index < -0.39 is 0 Å². The van der Waals surface area contributed by atoms with Gasteiger partial charge in [-0.15, -0.1) is 0 Å². The van der Waals surface area contributed by atoms with Crippen LogP contribution in [0, 0.1) is 0 Å². The largest absolute Gasteiger partial charge is 0.351 e. The van der Waals surface area contributed by atoms with Gasteiger partial charge in [0.15, 0.2) is 0 Å². The molecule has 0 spiro atoms. The Balaban J connectivity index is 1.53. The number of benzene rings is 1. The molecular weight excluding hydrogens is 348 g/mol. The van der Waals surface area contributed by atoms with E-state index in [9.17, 15) is 0 Å². The number of hydrogen-bond acceptors (Lipinski definition) is 5. The predicted molar refractivity (Wildman–Crippen MR) is 113 cm³/mol. The summed E-state index contributed by atoms with van der Waals surface area (Å²) in [4.78, 5) is 9.19. The SMILES string of the molecule is CC1(C)CC(Nc2nccc(-c3cnn(-c4ccccc4)c3)n2)CC(C)(C)N1. The molecule has 0 unspecified atom stereocenters. The van der Waals surface area contributed by atoms with Crippen molar-refractivity contribution >= 4 is 5.95 Å². The molecule has 0 aliphatic carbocycles. The number of piperidine rings is 1. The van der Waals surface area contributed by atoms with Crippen LogP contribution in [-0.4, -0.2) is 36.9 Å². The fraction of sp³-hybridized carbons (Fsp3) is 0.409. The van der Waals surface area contributed by atoms with Crippen LogP contribution in [0.2, 0.25) is 0 Å². The Hall–Kier alpha value is -2.73. The number of hydrogen-bond donors (Lipinski definition) is 2. The molecule has 1 aromatic carbocycles. The van der Waals surface area contributed by atoms with Gasteiger partial charge in [-0.3, -0.25) is 0 Å². The average Bonchev–Trinajstić information content (AvgIpc) is 3.10. The molecule has 1 aliphatic rings. The summed E-state index contributed by atoms with van der Waals surface area (Å²) in [5, 5.41) is 11.7. The van der Waals surface area contributed by atoms with Crippen molar-refractivity contribution in [3.63, 3.8) is 0 Å². The van der Waals surface area contributed by atoms with Crippen LogP contribution in [0.15, 0.2) is 55.0 Å². The first-order valence-electron chi connectivity index (χ1n) is 9.79. The highest BCUT2D eigenvalue weighted by Crippen LogP contribution is 2.30. The maximum Gasteiger partial charge on any atom is 0.223 e. The van der Waals surface area contributed by atoms with E-state index in [-0.39, 0.29) is 11.1 Å². The molecule has 2 N–H and O–H groups in total. The Labute approximate surface area is 166 Å². The zero-order chi connectivity index (χ0) is 19.8. The Morgan fingerprint density at radius 3 is 2.46 bits per heavy atom. The van der Waals surface area contributed by atoms with Gasteiger partial charge in [-0.1, -0.05) is 18.2 Å². The van der Waals surface area contributed by atoms with Gasteiger partial charge < -0.3 is 10.6 Å². The van der Waals surface area contributed by atoms with Crippen molar-refractivity contribution in [1.29, 1.82) is 0 Å². The fourth-order valence-corrected chi connectivity index (χ4v) is 4.37. The summed E-state index contributed by atoms with van der Waals surface area (Å²) in [5.41, 5.74) is 3.02. The van der Waals surface area contributed by atoms with Gasteiger partial charge in [-0.25, -0.2) is 14.6 Å². The molecule has 3 aromatic rings. The standard InChI is InChI=1S/C22H28N6/c1-21(2)12-17(13-22(3,4)27-21)25-20-23-11-10-19(26-20)16-14-24-28(15-16)18-8-6-5-7-9-18/h5-11,14-15,17,27H,12-13H2,1-4H3,(H,23,25,26). The zero-order valence-electron chi connectivity index (χ0n) is 17.0. The second-order valence-electron chi connectivity index (χ2n) is 8.92. The van der Waals surface area contributed by atoms with Crippen LogP contribution in [0.3, 0.4) is 0 Å². The van der Waals surface area contributed by atoms with E-state index in [2.05, 4.69) is 48.4 Å². The molecule has 0 atom stereocenters. The van der Waals surface area contributed by atoms with Crippen LogP contribution in [0.1, 0.15) is 40.5 Å². The number of para-hydroxylation sites is 1. The maximum atomic E-state index is 4.74. The lowest BCUT2D eigenvalue weighted by atomic mass is 9.80. The monoisotopic (exact) mass is 376 g/mol. The van der Waals surface area contributed by atoms with Crippen molar-refractivity contribution in [3.05, 3.63) is 55.0 Å². The molecule has 2 aromatic heterocycles. The smallest absolute Gasteiger partial charge is 0.223 e. The van der Waals surface area contributed by atoms with Crippen molar-refractivity contribution < 1.29 is 0 Å². The first kappa shape index (κ1) is 18.6. The van der Waals surface area contributed by atoms with Crippen molar-refractivity contribution in [3.8, 4) is 16.9 Å². The van der Waals surface area contributed by atoms with E-state index >= 15 is 0 Å². The molecule has 4 rings (SSSR count). The van der Waals surface area contributed by atoms with Crippen LogP contribution in [0.4, 0.5) is 5.95 Å². The van der Waals surface area contributed by atoms with Crippen molar-refractivity contribution in [2.45, 2.75) is 57.7 Å². The van der Waals surface area contributed by atoms with E-state index in [1.807, 2.05) is 59.7 Å². The summed E-state index contributed by atoms with van der Waals surface area (Å²) in [5.74, 6) is 0.670. The summed E-state index contributed by atoms with van der Waals surface area (Å²) < 4.78 is 1.86. The van der Waals surface area contributed by atoms with E-state index in [4.69, 9.17) is 4.98 Å². The maximum absolute atomic E-state index is 4.74. The Morgan fingerprint density at radius 1 is 1.04 bits per heavy atom. The van der Waals surface area contributed by atoms with Crippen molar-refractivity contribution in [2.24, 2.45) is 0 Å². The van der Waals surface area contributed by atoms with Crippen molar-refractivity contribution in [1.82, 2.24) is 25.1 Å². The molecule has 1 saturated heterocycles. The summed E-state index contributed by atoms with van der Waals surface area (Å²) in [6, 6.07) is 12.3. The topological polar surface area (TPSA) is 67.7 Å². The Kier molecular flexibility index (Phi) is 4.67. The molecule has 0 amide bonds. The molecule has 6 nitrogen and oxygen atoms in total. The molecule has 1 fully saturated rings. The third-order valence-corrected chi connectivity index (χ3v) is 5.08. The summed E-state index contributed by atoms with van der Waals surface area (Å²) >= 11 is 0. The quantitative estimate of drug-likeness (QED) is 0.719. The van der Waals surface area contributed by atoms with Gasteiger partial charge in [0.1, 0.15) is 0 Å². The molecule has 1 aliphatic heterocycles. The molecule has 146 valence electrons. The lowest BCUT2D eigenvalue weighted by molar-refractivity contribution is 0.170. The third kappa shape index (κ3) is 4.22. The lowest BCUT2D eigenvalue weighted by Gasteiger charge is -2.46. The minimum atomic E-state index is 0.0772. The highest BCUT2D eigenvalue weighted by atomic mass is 15.3. The second-order valence-corrected chi connectivity index (χ2v) is 8.92. The van der Waals surface area contributed by atoms with Crippen LogP contribution in [0.5, 0.6) is 0 Å². The third-order valence-electron chi connectivity index (χ3n) is 5.08. The summed E-state index contributed by atoms with van der Waals surface area (Å²) in [6.07, 6.45) is 7.70. The number of nitrogens with zero attached hydrogens (tertiary/aromatic N) is 4. The van der Waals surface area contributed by atoms with E-state index in [0.29, 0.717) is 12.0 Å². The fourth-order valence-electron chi connectivity index (χ4n) is 4.37. The van der Waals surface area contributed by atoms with Gasteiger partial charge in [-0.05, 0) is 58.7 Å². The molecule has 0 saturated carbocycles. The minimum absolute atomic E-state index is 0.0772. The number of nitrogens with one attached hydrogen (secondary N) is 2. The molecule has 28 heavy (non-hydrogen) atoms. The normalized spacial score (nSPS) is 18.7. The highest BCUT2D eigenvalue weighted by molar-refractivity contribution is 5.58. The van der Waals surface area contributed by atoms with Crippen LogP contribution >= 0.6 is 0 Å². The first-order chi connectivity index (χ1) is 13.3. The van der Waals surface area contributed by atoms with E-state index in [1.54, 1.807) is 0 Å². The number of aromatic nitrogens is 4. The number of anilines is 1. The van der Waals surface area contributed by atoms with Gasteiger partial charge in [0.05, 0.1) is 17.6 Å². The predicted octanol–water partition coefficient (Wildman–Crippen LogP) is 4.05. The second kappa shape index (κ2) is 7.02. The molecule has 6 heteroatoms. The summed E-state index contributed by atoms with van der Waals surface area (Å²) in [6.45, 7) is 8.99. The van der Waals surface area contributed by atoms with E-state index in [1.165, 1.54) is 0 Å². The molecule has 0 radical (unpaired) electrons. The highest BCUT2D eigenvalue weighted by Gasteiger charge is 2.37. The molecular formula is C22H28N6. The van der Waals surface area contributed by atoms with Gasteiger partial charge in [0.25, 0.3) is 0 Å². The Morgan fingerprint density at radius 2 is 1.75 bits per heavy atom. The van der Waals surface area contributed by atoms with E-state index in [0.717, 1.165) is 29.8 Å². The number of rotatable bonds is 4. The average molecular weight is 377 g/mol. The van der Waals surface area contributed by atoms with Gasteiger partial charge in [0, 0.05) is 35.1 Å². The van der Waals surface area contributed by atoms with Crippen molar-refractivity contribution in [2.75, 3.05) is 5.32 Å². The molecule has 0 bridgehead atoms.